The van der Waals surface area contributed by atoms with Gasteiger partial charge in [-0.3, -0.25) is 4.79 Å². The van der Waals surface area contributed by atoms with E-state index in [1.54, 1.807) is 19.9 Å². The molecular formula is C15H15NO2. The molecule has 2 aromatic rings. The number of carbonyl (C=O) groups is 1. The Hall–Kier alpha value is -2.21. The molecule has 1 aromatic heterocycles. The topological polar surface area (TPSA) is 42.2 Å². The minimum Gasteiger partial charge on any atom is -0.451 e. The van der Waals surface area contributed by atoms with Gasteiger partial charge in [0.05, 0.1) is 5.54 Å². The maximum Gasteiger partial charge on any atom is 0.288 e. The molecule has 3 nitrogen and oxygen atoms in total. The van der Waals surface area contributed by atoms with Crippen molar-refractivity contribution in [2.75, 3.05) is 0 Å². The molecule has 0 aliphatic rings. The van der Waals surface area contributed by atoms with E-state index in [1.807, 2.05) is 25.1 Å². The van der Waals surface area contributed by atoms with Gasteiger partial charge in [0, 0.05) is 5.39 Å². The van der Waals surface area contributed by atoms with Crippen molar-refractivity contribution in [3.63, 3.8) is 0 Å². The number of hydrogen-bond donors (Lipinski definition) is 1. The number of rotatable bonds is 2. The van der Waals surface area contributed by atoms with Crippen molar-refractivity contribution < 1.29 is 9.21 Å². The number of amides is 1. The van der Waals surface area contributed by atoms with E-state index < -0.39 is 5.54 Å². The van der Waals surface area contributed by atoms with E-state index in [2.05, 4.69) is 11.2 Å². The van der Waals surface area contributed by atoms with Gasteiger partial charge in [0.2, 0.25) is 0 Å². The molecule has 0 atom stereocenters. The standard InChI is InChI=1S/C15H15NO2/c1-5-15(3,4)16-14(17)13-9-11-8-10(2)6-7-12(11)18-13/h1,6-9H,2-4H3,(H,16,17). The molecule has 92 valence electrons. The molecular weight excluding hydrogens is 226 g/mol. The highest BCUT2D eigenvalue weighted by atomic mass is 16.3. The van der Waals surface area contributed by atoms with Gasteiger partial charge in [-0.2, -0.15) is 0 Å². The van der Waals surface area contributed by atoms with Crippen LogP contribution in [0.1, 0.15) is 30.0 Å². The van der Waals surface area contributed by atoms with Crippen molar-refractivity contribution in [3.8, 4) is 12.3 Å². The maximum absolute atomic E-state index is 12.0. The molecule has 1 N–H and O–H groups in total. The first-order chi connectivity index (χ1) is 8.41. The number of nitrogens with one attached hydrogen (secondary N) is 1. The Bertz CT molecular complexity index is 644. The largest absolute Gasteiger partial charge is 0.451 e. The summed E-state index contributed by atoms with van der Waals surface area (Å²) in [5.41, 5.74) is 1.13. The lowest BCUT2D eigenvalue weighted by atomic mass is 10.1. The number of hydrogen-bond acceptors (Lipinski definition) is 2. The molecule has 2 rings (SSSR count). The monoisotopic (exact) mass is 241 g/mol. The van der Waals surface area contributed by atoms with Crippen LogP contribution in [0.15, 0.2) is 28.7 Å². The molecule has 0 bridgehead atoms. The first-order valence-corrected chi connectivity index (χ1v) is 5.72. The molecule has 3 heteroatoms. The number of fused-ring (bicyclic) bond motifs is 1. The summed E-state index contributed by atoms with van der Waals surface area (Å²) in [5, 5.41) is 3.64. The second kappa shape index (κ2) is 4.23. The molecule has 0 fully saturated rings. The number of furan rings is 1. The van der Waals surface area contributed by atoms with Crippen LogP contribution in [0.3, 0.4) is 0 Å². The summed E-state index contributed by atoms with van der Waals surface area (Å²) in [6.07, 6.45) is 5.33. The molecule has 0 saturated heterocycles. The lowest BCUT2D eigenvalue weighted by Gasteiger charge is -2.18. The van der Waals surface area contributed by atoms with E-state index in [9.17, 15) is 4.79 Å². The van der Waals surface area contributed by atoms with Crippen LogP contribution in [-0.4, -0.2) is 11.4 Å². The summed E-state index contributed by atoms with van der Waals surface area (Å²) in [5.74, 6) is 2.49. The zero-order valence-electron chi connectivity index (χ0n) is 10.7. The number of aryl methyl sites for hydroxylation is 1. The quantitative estimate of drug-likeness (QED) is 0.821. The van der Waals surface area contributed by atoms with Gasteiger partial charge >= 0.3 is 0 Å². The minimum atomic E-state index is -0.689. The van der Waals surface area contributed by atoms with E-state index in [4.69, 9.17) is 10.8 Å². The van der Waals surface area contributed by atoms with E-state index in [-0.39, 0.29) is 11.7 Å². The lowest BCUT2D eigenvalue weighted by Crippen LogP contribution is -2.41. The Morgan fingerprint density at radius 3 is 2.78 bits per heavy atom. The molecule has 0 aliphatic carbocycles. The Kier molecular flexibility index (Phi) is 2.88. The van der Waals surface area contributed by atoms with E-state index in [0.29, 0.717) is 5.58 Å². The molecule has 1 heterocycles. The normalized spacial score (nSPS) is 11.2. The highest BCUT2D eigenvalue weighted by Gasteiger charge is 2.20. The van der Waals surface area contributed by atoms with Gasteiger partial charge in [-0.1, -0.05) is 17.6 Å². The SMILES string of the molecule is C#CC(C)(C)NC(=O)c1cc2cc(C)ccc2o1. The third-order valence-electron chi connectivity index (χ3n) is 2.68. The van der Waals surface area contributed by atoms with Crippen molar-refractivity contribution >= 4 is 16.9 Å². The first kappa shape index (κ1) is 12.3. The van der Waals surface area contributed by atoms with Crippen molar-refractivity contribution in [3.05, 3.63) is 35.6 Å². The number of benzene rings is 1. The summed E-state index contributed by atoms with van der Waals surface area (Å²) < 4.78 is 5.49. The zero-order chi connectivity index (χ0) is 13.3. The Balaban J connectivity index is 2.32. The third-order valence-corrected chi connectivity index (χ3v) is 2.68. The molecule has 0 aliphatic heterocycles. The minimum absolute atomic E-state index is 0.277. The average Bonchev–Trinajstić information content (AvgIpc) is 2.71. The van der Waals surface area contributed by atoms with E-state index in [0.717, 1.165) is 10.9 Å². The van der Waals surface area contributed by atoms with Crippen LogP contribution in [0.4, 0.5) is 0 Å². The number of carbonyl (C=O) groups excluding carboxylic acids is 1. The summed E-state index contributed by atoms with van der Waals surface area (Å²) >= 11 is 0. The molecule has 0 unspecified atom stereocenters. The van der Waals surface area contributed by atoms with Gasteiger partial charge < -0.3 is 9.73 Å². The number of terminal acetylenes is 1. The van der Waals surface area contributed by atoms with Crippen LogP contribution < -0.4 is 5.32 Å². The summed E-state index contributed by atoms with van der Waals surface area (Å²) in [6, 6.07) is 7.50. The van der Waals surface area contributed by atoms with Gasteiger partial charge in [-0.25, -0.2) is 0 Å². The van der Waals surface area contributed by atoms with Gasteiger partial charge in [-0.15, -0.1) is 6.42 Å². The third kappa shape index (κ3) is 2.38. The van der Waals surface area contributed by atoms with Crippen LogP contribution >= 0.6 is 0 Å². The molecule has 1 amide bonds. The van der Waals surface area contributed by atoms with Crippen LogP contribution in [0.2, 0.25) is 0 Å². The second-order valence-corrected chi connectivity index (χ2v) is 4.88. The highest BCUT2D eigenvalue weighted by molar-refractivity contribution is 5.96. The van der Waals surface area contributed by atoms with Crippen molar-refractivity contribution in [2.24, 2.45) is 0 Å². The zero-order valence-corrected chi connectivity index (χ0v) is 10.7. The summed E-state index contributed by atoms with van der Waals surface area (Å²) in [6.45, 7) is 5.52. The smallest absolute Gasteiger partial charge is 0.288 e. The predicted molar refractivity (Wildman–Crippen MR) is 71.3 cm³/mol. The predicted octanol–water partition coefficient (Wildman–Crippen LogP) is 2.88. The Labute approximate surface area is 106 Å². The molecule has 0 saturated carbocycles. The molecule has 18 heavy (non-hydrogen) atoms. The second-order valence-electron chi connectivity index (χ2n) is 4.88. The van der Waals surface area contributed by atoms with Crippen molar-refractivity contribution in [1.82, 2.24) is 5.32 Å². The van der Waals surface area contributed by atoms with Gasteiger partial charge in [0.25, 0.3) is 5.91 Å². The fourth-order valence-electron chi connectivity index (χ4n) is 1.66. The Morgan fingerprint density at radius 1 is 1.39 bits per heavy atom. The van der Waals surface area contributed by atoms with Gasteiger partial charge in [0.15, 0.2) is 5.76 Å². The molecule has 1 aromatic carbocycles. The van der Waals surface area contributed by atoms with Crippen LogP contribution in [-0.2, 0) is 0 Å². The Morgan fingerprint density at radius 2 is 2.11 bits per heavy atom. The molecule has 0 spiro atoms. The lowest BCUT2D eigenvalue weighted by molar-refractivity contribution is 0.0904. The summed E-state index contributed by atoms with van der Waals surface area (Å²) in [7, 11) is 0. The van der Waals surface area contributed by atoms with E-state index >= 15 is 0 Å². The van der Waals surface area contributed by atoms with Crippen molar-refractivity contribution in [1.29, 1.82) is 0 Å². The van der Waals surface area contributed by atoms with E-state index in [1.165, 1.54) is 0 Å². The summed E-state index contributed by atoms with van der Waals surface area (Å²) in [4.78, 5) is 12.0. The fourth-order valence-corrected chi connectivity index (χ4v) is 1.66. The average molecular weight is 241 g/mol. The van der Waals surface area contributed by atoms with Crippen LogP contribution in [0, 0.1) is 19.3 Å². The maximum atomic E-state index is 12.0. The molecule has 0 radical (unpaired) electrons. The van der Waals surface area contributed by atoms with Crippen LogP contribution in [0.25, 0.3) is 11.0 Å². The van der Waals surface area contributed by atoms with Gasteiger partial charge in [-0.05, 0) is 39.0 Å². The van der Waals surface area contributed by atoms with Crippen LogP contribution in [0.5, 0.6) is 0 Å². The highest BCUT2D eigenvalue weighted by Crippen LogP contribution is 2.20. The first-order valence-electron chi connectivity index (χ1n) is 5.72. The van der Waals surface area contributed by atoms with Crippen molar-refractivity contribution in [2.45, 2.75) is 26.3 Å². The van der Waals surface area contributed by atoms with Gasteiger partial charge in [0.1, 0.15) is 5.58 Å². The fraction of sp³-hybridized carbons (Fsp3) is 0.267.